The first-order valence-electron chi connectivity index (χ1n) is 10.7. The van der Waals surface area contributed by atoms with Crippen molar-refractivity contribution in [3.8, 4) is 0 Å². The molecule has 6 heteroatoms. The van der Waals surface area contributed by atoms with E-state index >= 15 is 0 Å². The molecule has 0 fully saturated rings. The van der Waals surface area contributed by atoms with Gasteiger partial charge in [-0.15, -0.1) is 0 Å². The molecule has 0 aromatic heterocycles. The number of carbonyl (C=O) groups is 1. The summed E-state index contributed by atoms with van der Waals surface area (Å²) in [4.78, 5) is 17.4. The summed E-state index contributed by atoms with van der Waals surface area (Å²) in [5.74, 6) is -0.218. The van der Waals surface area contributed by atoms with Crippen LogP contribution in [0.3, 0.4) is 0 Å². The van der Waals surface area contributed by atoms with Gasteiger partial charge in [0, 0.05) is 44.4 Å². The predicted octanol–water partition coefficient (Wildman–Crippen LogP) is 5.59. The minimum atomic E-state index is -0.218. The maximum Gasteiger partial charge on any atom is 0.252 e. The number of rotatable bonds is 6. The molecule has 1 aliphatic rings. The molecule has 3 aromatic carbocycles. The van der Waals surface area contributed by atoms with Crippen LogP contribution in [0, 0.1) is 0 Å². The fourth-order valence-corrected chi connectivity index (χ4v) is 4.57. The molecule has 1 N–H and O–H groups in total. The van der Waals surface area contributed by atoms with Crippen LogP contribution in [0.4, 0.5) is 5.69 Å². The molecule has 1 aliphatic heterocycles. The number of halogens is 2. The smallest absolute Gasteiger partial charge is 0.252 e. The minimum absolute atomic E-state index is 0.0430. The zero-order valence-electron chi connectivity index (χ0n) is 18.3. The van der Waals surface area contributed by atoms with Crippen LogP contribution in [-0.2, 0) is 13.0 Å². The number of hydrogen-bond donors (Lipinski definition) is 1. The Labute approximate surface area is 199 Å². The number of anilines is 1. The van der Waals surface area contributed by atoms with E-state index in [1.54, 1.807) is 18.2 Å². The van der Waals surface area contributed by atoms with E-state index in [0.29, 0.717) is 22.2 Å². The fraction of sp³-hybridized carbons (Fsp3) is 0.269. The Balaban J connectivity index is 1.57. The van der Waals surface area contributed by atoms with Crippen LogP contribution in [0.2, 0.25) is 10.0 Å². The van der Waals surface area contributed by atoms with E-state index < -0.39 is 0 Å². The summed E-state index contributed by atoms with van der Waals surface area (Å²) in [6, 6.07) is 22.1. The van der Waals surface area contributed by atoms with E-state index in [2.05, 4.69) is 63.6 Å². The first kappa shape index (κ1) is 22.7. The highest BCUT2D eigenvalue weighted by Crippen LogP contribution is 2.29. The molecule has 0 aliphatic carbocycles. The van der Waals surface area contributed by atoms with Gasteiger partial charge in [-0.2, -0.15) is 0 Å². The minimum Gasteiger partial charge on any atom is -0.378 e. The molecule has 0 bridgehead atoms. The molecule has 3 aromatic rings. The van der Waals surface area contributed by atoms with Gasteiger partial charge in [0.2, 0.25) is 0 Å². The van der Waals surface area contributed by atoms with Crippen molar-refractivity contribution < 1.29 is 4.79 Å². The molecule has 1 amide bonds. The van der Waals surface area contributed by atoms with Crippen molar-refractivity contribution in [3.63, 3.8) is 0 Å². The Kier molecular flexibility index (Phi) is 7.04. The summed E-state index contributed by atoms with van der Waals surface area (Å²) in [5, 5.41) is 3.97. The van der Waals surface area contributed by atoms with Crippen molar-refractivity contribution in [3.05, 3.63) is 99.0 Å². The molecule has 0 saturated heterocycles. The van der Waals surface area contributed by atoms with Crippen LogP contribution in [-0.4, -0.2) is 38.0 Å². The van der Waals surface area contributed by atoms with Gasteiger partial charge in [0.15, 0.2) is 0 Å². The first-order chi connectivity index (χ1) is 15.4. The first-order valence-corrected chi connectivity index (χ1v) is 11.5. The molecule has 4 rings (SSSR count). The maximum atomic E-state index is 12.9. The van der Waals surface area contributed by atoms with Gasteiger partial charge < -0.3 is 10.2 Å². The Bertz CT molecular complexity index is 1100. The number of fused-ring (bicyclic) bond motifs is 1. The summed E-state index contributed by atoms with van der Waals surface area (Å²) in [6.07, 6.45) is 0.997. The van der Waals surface area contributed by atoms with Gasteiger partial charge in [-0.05, 0) is 53.4 Å². The van der Waals surface area contributed by atoms with E-state index in [1.807, 2.05) is 14.1 Å². The van der Waals surface area contributed by atoms with Crippen molar-refractivity contribution >= 4 is 34.8 Å². The lowest BCUT2D eigenvalue weighted by Crippen LogP contribution is -2.40. The summed E-state index contributed by atoms with van der Waals surface area (Å²) < 4.78 is 0. The molecule has 1 atom stereocenters. The van der Waals surface area contributed by atoms with Crippen molar-refractivity contribution in [1.29, 1.82) is 0 Å². The number of benzene rings is 3. The number of amides is 1. The van der Waals surface area contributed by atoms with Gasteiger partial charge in [-0.1, -0.05) is 59.6 Å². The Morgan fingerprint density at radius 1 is 1.03 bits per heavy atom. The fourth-order valence-electron chi connectivity index (χ4n) is 4.19. The second-order valence-corrected chi connectivity index (χ2v) is 9.17. The van der Waals surface area contributed by atoms with Gasteiger partial charge in [0.25, 0.3) is 5.91 Å². The average Bonchev–Trinajstić information content (AvgIpc) is 2.81. The number of nitrogens with one attached hydrogen (secondary N) is 1. The molecule has 0 radical (unpaired) electrons. The largest absolute Gasteiger partial charge is 0.378 e. The zero-order valence-corrected chi connectivity index (χ0v) is 19.8. The molecule has 1 heterocycles. The van der Waals surface area contributed by atoms with Crippen LogP contribution >= 0.6 is 23.2 Å². The second kappa shape index (κ2) is 9.95. The van der Waals surface area contributed by atoms with Gasteiger partial charge in [0.05, 0.1) is 16.6 Å². The Morgan fingerprint density at radius 3 is 2.47 bits per heavy atom. The molecular formula is C26H27Cl2N3O. The number of carbonyl (C=O) groups excluding carboxylic acids is 1. The lowest BCUT2D eigenvalue weighted by atomic mass is 9.96. The summed E-state index contributed by atoms with van der Waals surface area (Å²) in [7, 11) is 4.06. The Morgan fingerprint density at radius 2 is 1.75 bits per heavy atom. The maximum absolute atomic E-state index is 12.9. The third kappa shape index (κ3) is 5.09. The standard InChI is InChI=1S/C26H27Cl2N3O/c1-30(2)22-10-7-19(8-11-22)25(31-14-13-18-5-3-4-6-20(18)17-31)16-29-26(32)23-15-21(27)9-12-24(23)28/h3-12,15,25H,13-14,16-17H2,1-2H3,(H,29,32). The zero-order chi connectivity index (χ0) is 22.7. The predicted molar refractivity (Wildman–Crippen MR) is 133 cm³/mol. The summed E-state index contributed by atoms with van der Waals surface area (Å²) >= 11 is 12.3. The van der Waals surface area contributed by atoms with E-state index in [-0.39, 0.29) is 11.9 Å². The molecule has 166 valence electrons. The van der Waals surface area contributed by atoms with Gasteiger partial charge in [-0.3, -0.25) is 9.69 Å². The van der Waals surface area contributed by atoms with Crippen molar-refractivity contribution in [2.75, 3.05) is 32.1 Å². The van der Waals surface area contributed by atoms with Crippen LogP contribution in [0.25, 0.3) is 0 Å². The third-order valence-corrected chi connectivity index (χ3v) is 6.59. The quantitative estimate of drug-likeness (QED) is 0.513. The van der Waals surface area contributed by atoms with Gasteiger partial charge >= 0.3 is 0 Å². The number of hydrogen-bond acceptors (Lipinski definition) is 3. The van der Waals surface area contributed by atoms with Crippen molar-refractivity contribution in [1.82, 2.24) is 10.2 Å². The SMILES string of the molecule is CN(C)c1ccc(C(CNC(=O)c2cc(Cl)ccc2Cl)N2CCc3ccccc3C2)cc1. The van der Waals surface area contributed by atoms with Crippen molar-refractivity contribution in [2.45, 2.75) is 19.0 Å². The lowest BCUT2D eigenvalue weighted by Gasteiger charge is -2.36. The van der Waals surface area contributed by atoms with Crippen LogP contribution in [0.5, 0.6) is 0 Å². The normalized spacial score (nSPS) is 14.5. The molecule has 0 spiro atoms. The summed E-state index contributed by atoms with van der Waals surface area (Å²) in [5.41, 5.74) is 5.46. The lowest BCUT2D eigenvalue weighted by molar-refractivity contribution is 0.0928. The summed E-state index contributed by atoms with van der Waals surface area (Å²) in [6.45, 7) is 2.26. The molecular weight excluding hydrogens is 441 g/mol. The van der Waals surface area contributed by atoms with Gasteiger partial charge in [-0.25, -0.2) is 0 Å². The molecule has 32 heavy (non-hydrogen) atoms. The second-order valence-electron chi connectivity index (χ2n) is 8.33. The monoisotopic (exact) mass is 467 g/mol. The highest BCUT2D eigenvalue weighted by molar-refractivity contribution is 6.35. The Hall–Kier alpha value is -2.53. The highest BCUT2D eigenvalue weighted by Gasteiger charge is 2.26. The number of nitrogens with zero attached hydrogens (tertiary/aromatic N) is 2. The van der Waals surface area contributed by atoms with E-state index in [0.717, 1.165) is 25.2 Å². The van der Waals surface area contributed by atoms with Gasteiger partial charge in [0.1, 0.15) is 0 Å². The third-order valence-electron chi connectivity index (χ3n) is 6.02. The van der Waals surface area contributed by atoms with E-state index in [4.69, 9.17) is 23.2 Å². The van der Waals surface area contributed by atoms with Crippen LogP contribution < -0.4 is 10.2 Å². The molecule has 1 unspecified atom stereocenters. The highest BCUT2D eigenvalue weighted by atomic mass is 35.5. The van der Waals surface area contributed by atoms with E-state index in [9.17, 15) is 4.79 Å². The average molecular weight is 468 g/mol. The topological polar surface area (TPSA) is 35.6 Å². The molecule has 4 nitrogen and oxygen atoms in total. The van der Waals surface area contributed by atoms with Crippen molar-refractivity contribution in [2.24, 2.45) is 0 Å². The van der Waals surface area contributed by atoms with Crippen LogP contribution in [0.15, 0.2) is 66.7 Å². The molecule has 0 saturated carbocycles. The van der Waals surface area contributed by atoms with E-state index in [1.165, 1.54) is 16.7 Å². The van der Waals surface area contributed by atoms with Crippen LogP contribution in [0.1, 0.15) is 33.1 Å².